The Morgan fingerprint density at radius 3 is 3.16 bits per heavy atom. The highest BCUT2D eigenvalue weighted by Crippen LogP contribution is 2.22. The van der Waals surface area contributed by atoms with Gasteiger partial charge in [-0.15, -0.1) is 0 Å². The molecule has 0 amide bonds. The van der Waals surface area contributed by atoms with Crippen molar-refractivity contribution in [2.45, 2.75) is 31.8 Å². The predicted octanol–water partition coefficient (Wildman–Crippen LogP) is 1.04. The number of aromatic carboxylic acids is 1. The van der Waals surface area contributed by atoms with Gasteiger partial charge in [0.2, 0.25) is 0 Å². The third-order valence-corrected chi connectivity index (χ3v) is 3.44. The van der Waals surface area contributed by atoms with E-state index >= 15 is 0 Å². The third-order valence-electron chi connectivity index (χ3n) is 3.44. The van der Waals surface area contributed by atoms with Gasteiger partial charge in [0.05, 0.1) is 18.4 Å². The van der Waals surface area contributed by atoms with Crippen LogP contribution in [0, 0.1) is 0 Å². The standard InChI is InChI=1S/C13H15N3O3/c14-8-3-4-10-12(13(17)18)15-11(16(10)7-8)6-9-2-1-5-19-9/h1-2,5,8H,3-4,6-7,14H2,(H,17,18). The number of carboxylic acid groups (broad SMARTS) is 1. The van der Waals surface area contributed by atoms with Gasteiger partial charge in [0.25, 0.3) is 0 Å². The van der Waals surface area contributed by atoms with Crippen LogP contribution in [0.5, 0.6) is 0 Å². The lowest BCUT2D eigenvalue weighted by atomic mass is 10.0. The summed E-state index contributed by atoms with van der Waals surface area (Å²) in [6.07, 6.45) is 3.54. The fraction of sp³-hybridized carbons (Fsp3) is 0.385. The lowest BCUT2D eigenvalue weighted by Crippen LogP contribution is -2.33. The molecule has 0 spiro atoms. The number of fused-ring (bicyclic) bond motifs is 1. The van der Waals surface area contributed by atoms with Crippen LogP contribution in [0.4, 0.5) is 0 Å². The van der Waals surface area contributed by atoms with Gasteiger partial charge in [0.15, 0.2) is 5.69 Å². The molecule has 3 rings (SSSR count). The summed E-state index contributed by atoms with van der Waals surface area (Å²) in [5, 5.41) is 9.22. The SMILES string of the molecule is NC1CCc2c(C(=O)O)nc(Cc3ccco3)n2C1. The van der Waals surface area contributed by atoms with Gasteiger partial charge in [-0.2, -0.15) is 0 Å². The first-order valence-corrected chi connectivity index (χ1v) is 6.24. The summed E-state index contributed by atoms with van der Waals surface area (Å²) in [6.45, 7) is 0.617. The molecule has 0 fully saturated rings. The zero-order valence-corrected chi connectivity index (χ0v) is 10.4. The van der Waals surface area contributed by atoms with Crippen LogP contribution in [-0.2, 0) is 19.4 Å². The monoisotopic (exact) mass is 261 g/mol. The van der Waals surface area contributed by atoms with Crippen LogP contribution in [-0.4, -0.2) is 26.7 Å². The van der Waals surface area contributed by atoms with Gasteiger partial charge in [0.1, 0.15) is 11.6 Å². The smallest absolute Gasteiger partial charge is 0.356 e. The molecule has 1 unspecified atom stereocenters. The van der Waals surface area contributed by atoms with Crippen LogP contribution >= 0.6 is 0 Å². The molecule has 2 aromatic heterocycles. The largest absolute Gasteiger partial charge is 0.476 e. The normalized spacial score (nSPS) is 18.3. The predicted molar refractivity (Wildman–Crippen MR) is 67.0 cm³/mol. The summed E-state index contributed by atoms with van der Waals surface area (Å²) in [7, 11) is 0. The zero-order valence-electron chi connectivity index (χ0n) is 10.4. The molecule has 3 N–H and O–H groups in total. The second-order valence-electron chi connectivity index (χ2n) is 4.79. The highest BCUT2D eigenvalue weighted by Gasteiger charge is 2.26. The van der Waals surface area contributed by atoms with E-state index in [0.29, 0.717) is 25.2 Å². The van der Waals surface area contributed by atoms with Crippen molar-refractivity contribution in [3.8, 4) is 0 Å². The molecule has 100 valence electrons. The molecule has 3 heterocycles. The van der Waals surface area contributed by atoms with Gasteiger partial charge >= 0.3 is 5.97 Å². The summed E-state index contributed by atoms with van der Waals surface area (Å²) in [5.41, 5.74) is 6.88. The quantitative estimate of drug-likeness (QED) is 0.860. The van der Waals surface area contributed by atoms with Crippen molar-refractivity contribution in [3.05, 3.63) is 41.4 Å². The van der Waals surface area contributed by atoms with Crippen LogP contribution in [0.3, 0.4) is 0 Å². The molecule has 0 saturated heterocycles. The molecule has 0 aromatic carbocycles. The third kappa shape index (κ3) is 2.15. The molecule has 0 aliphatic carbocycles. The first kappa shape index (κ1) is 12.0. The summed E-state index contributed by atoms with van der Waals surface area (Å²) in [5.74, 6) is 0.492. The summed E-state index contributed by atoms with van der Waals surface area (Å²) in [4.78, 5) is 15.5. The van der Waals surface area contributed by atoms with E-state index in [1.54, 1.807) is 12.3 Å². The number of nitrogens with two attached hydrogens (primary N) is 1. The number of hydrogen-bond acceptors (Lipinski definition) is 4. The minimum absolute atomic E-state index is 0.0543. The second kappa shape index (κ2) is 4.55. The van der Waals surface area contributed by atoms with Crippen molar-refractivity contribution in [2.24, 2.45) is 5.73 Å². The highest BCUT2D eigenvalue weighted by molar-refractivity contribution is 5.87. The number of nitrogens with zero attached hydrogens (tertiary/aromatic N) is 2. The van der Waals surface area contributed by atoms with E-state index in [2.05, 4.69) is 4.98 Å². The van der Waals surface area contributed by atoms with Crippen molar-refractivity contribution in [3.63, 3.8) is 0 Å². The lowest BCUT2D eigenvalue weighted by molar-refractivity contribution is 0.0689. The number of imidazole rings is 1. The van der Waals surface area contributed by atoms with E-state index in [1.165, 1.54) is 0 Å². The van der Waals surface area contributed by atoms with E-state index in [0.717, 1.165) is 17.9 Å². The van der Waals surface area contributed by atoms with Crippen LogP contribution in [0.15, 0.2) is 22.8 Å². The summed E-state index contributed by atoms with van der Waals surface area (Å²) >= 11 is 0. The van der Waals surface area contributed by atoms with Crippen molar-refractivity contribution < 1.29 is 14.3 Å². The maximum absolute atomic E-state index is 11.2. The molecule has 0 bridgehead atoms. The molecule has 2 aromatic rings. The molecular weight excluding hydrogens is 246 g/mol. The Kier molecular flexibility index (Phi) is 2.87. The van der Waals surface area contributed by atoms with E-state index in [9.17, 15) is 9.90 Å². The molecule has 0 saturated carbocycles. The fourth-order valence-electron chi connectivity index (χ4n) is 2.53. The Morgan fingerprint density at radius 2 is 2.47 bits per heavy atom. The van der Waals surface area contributed by atoms with Gasteiger partial charge in [0, 0.05) is 12.6 Å². The molecule has 0 radical (unpaired) electrons. The Morgan fingerprint density at radius 1 is 1.63 bits per heavy atom. The van der Waals surface area contributed by atoms with Crippen LogP contribution in [0.2, 0.25) is 0 Å². The molecule has 6 heteroatoms. The topological polar surface area (TPSA) is 94.3 Å². The summed E-state index contributed by atoms with van der Waals surface area (Å²) < 4.78 is 7.22. The van der Waals surface area contributed by atoms with Crippen LogP contribution in [0.1, 0.15) is 34.2 Å². The maximum Gasteiger partial charge on any atom is 0.356 e. The molecule has 1 aliphatic rings. The first-order valence-electron chi connectivity index (χ1n) is 6.24. The van der Waals surface area contributed by atoms with Gasteiger partial charge in [-0.1, -0.05) is 0 Å². The maximum atomic E-state index is 11.2. The van der Waals surface area contributed by atoms with Crippen LogP contribution in [0.25, 0.3) is 0 Å². The van der Waals surface area contributed by atoms with Gasteiger partial charge in [-0.3, -0.25) is 0 Å². The highest BCUT2D eigenvalue weighted by atomic mass is 16.4. The number of carboxylic acids is 1. The van der Waals surface area contributed by atoms with Gasteiger partial charge in [-0.05, 0) is 25.0 Å². The minimum atomic E-state index is -0.982. The molecule has 1 atom stereocenters. The lowest BCUT2D eigenvalue weighted by Gasteiger charge is -2.22. The Balaban J connectivity index is 2.01. The molecule has 19 heavy (non-hydrogen) atoms. The summed E-state index contributed by atoms with van der Waals surface area (Å²) in [6, 6.07) is 3.71. The van der Waals surface area contributed by atoms with Crippen molar-refractivity contribution >= 4 is 5.97 Å². The van der Waals surface area contributed by atoms with E-state index in [4.69, 9.17) is 10.2 Å². The Labute approximate surface area is 109 Å². The van der Waals surface area contributed by atoms with E-state index in [1.807, 2.05) is 10.6 Å². The number of hydrogen-bond donors (Lipinski definition) is 2. The molecular formula is C13H15N3O3. The Bertz CT molecular complexity index is 601. The van der Waals surface area contributed by atoms with E-state index in [-0.39, 0.29) is 11.7 Å². The number of furan rings is 1. The van der Waals surface area contributed by atoms with Crippen molar-refractivity contribution in [1.82, 2.24) is 9.55 Å². The number of carbonyl (C=O) groups is 1. The zero-order chi connectivity index (χ0) is 13.4. The van der Waals surface area contributed by atoms with Gasteiger partial charge < -0.3 is 19.8 Å². The molecule has 6 nitrogen and oxygen atoms in total. The average molecular weight is 261 g/mol. The fourth-order valence-corrected chi connectivity index (χ4v) is 2.53. The van der Waals surface area contributed by atoms with E-state index < -0.39 is 5.97 Å². The first-order chi connectivity index (χ1) is 9.15. The Hall–Kier alpha value is -2.08. The second-order valence-corrected chi connectivity index (χ2v) is 4.79. The van der Waals surface area contributed by atoms with Crippen molar-refractivity contribution in [2.75, 3.05) is 0 Å². The minimum Gasteiger partial charge on any atom is -0.476 e. The van der Waals surface area contributed by atoms with Crippen LogP contribution < -0.4 is 5.73 Å². The number of aromatic nitrogens is 2. The van der Waals surface area contributed by atoms with Gasteiger partial charge in [-0.25, -0.2) is 9.78 Å². The number of rotatable bonds is 3. The average Bonchev–Trinajstić information content (AvgIpc) is 2.98. The van der Waals surface area contributed by atoms with Crippen molar-refractivity contribution in [1.29, 1.82) is 0 Å². The molecule has 1 aliphatic heterocycles.